The van der Waals surface area contributed by atoms with Gasteiger partial charge in [0.2, 0.25) is 0 Å². The summed E-state index contributed by atoms with van der Waals surface area (Å²) in [6.45, 7) is 0. The van der Waals surface area contributed by atoms with Crippen molar-refractivity contribution in [3.8, 4) is 51.3 Å². The molecule has 0 unspecified atom stereocenters. The molecule has 0 N–H and O–H groups in total. The van der Waals surface area contributed by atoms with Crippen molar-refractivity contribution in [3.63, 3.8) is 0 Å². The Balaban J connectivity index is 1.23. The fourth-order valence-corrected chi connectivity index (χ4v) is 15.2. The molecule has 0 atom stereocenters. The molecule has 6 heterocycles. The van der Waals surface area contributed by atoms with Crippen molar-refractivity contribution in [2.75, 3.05) is 0 Å². The first-order valence-corrected chi connectivity index (χ1v) is 30.0. The highest BCUT2D eigenvalue weighted by molar-refractivity contribution is 6.23. The lowest BCUT2D eigenvalue weighted by molar-refractivity contribution is 1.00. The number of aromatic nitrogens is 6. The van der Waals surface area contributed by atoms with Gasteiger partial charge in [-0.25, -0.2) is 0 Å². The molecule has 7 nitrogen and oxygen atoms in total. The molecule has 0 aliphatic carbocycles. The topological polar surface area (TPSA) is 53.4 Å². The molecule has 0 saturated carbocycles. The summed E-state index contributed by atoms with van der Waals surface area (Å²) in [4.78, 5) is 0. The fraction of sp³-hybridized carbons (Fsp3) is 0. The molecule has 19 aromatic rings. The molecule has 0 amide bonds. The highest BCUT2D eigenvalue weighted by Crippen LogP contribution is 2.55. The Kier molecular flexibility index (Phi) is 10.1. The third-order valence-electron chi connectivity index (χ3n) is 18.6. The van der Waals surface area contributed by atoms with Crippen molar-refractivity contribution >= 4 is 120 Å². The Morgan fingerprint density at radius 3 is 0.818 bits per heavy atom. The molecule has 0 aliphatic heterocycles. The first kappa shape index (κ1) is 48.3. The van der Waals surface area contributed by atoms with Gasteiger partial charge >= 0.3 is 0 Å². The molecule has 0 bridgehead atoms. The summed E-state index contributed by atoms with van der Waals surface area (Å²) in [5, 5.41) is 22.5. The highest BCUT2D eigenvalue weighted by Gasteiger charge is 2.37. The first-order valence-electron chi connectivity index (χ1n) is 30.0. The van der Waals surface area contributed by atoms with Crippen LogP contribution in [-0.4, -0.2) is 27.4 Å². The summed E-state index contributed by atoms with van der Waals surface area (Å²) in [6, 6.07) is 111. The minimum absolute atomic E-state index is 0.562. The van der Waals surface area contributed by atoms with Gasteiger partial charge in [0.15, 0.2) is 0 Å². The predicted molar refractivity (Wildman–Crippen MR) is 365 cm³/mol. The van der Waals surface area contributed by atoms with E-state index in [9.17, 15) is 5.26 Å². The van der Waals surface area contributed by atoms with Gasteiger partial charge in [0, 0.05) is 65.1 Å². The second kappa shape index (κ2) is 18.4. The van der Waals surface area contributed by atoms with Crippen LogP contribution in [0.2, 0.25) is 0 Å². The van der Waals surface area contributed by atoms with Crippen molar-refractivity contribution in [1.29, 1.82) is 5.26 Å². The molecule has 19 rings (SSSR count). The Labute approximate surface area is 504 Å². The van der Waals surface area contributed by atoms with Gasteiger partial charge in [0.05, 0.1) is 106 Å². The maximum Gasteiger partial charge on any atom is 0.0991 e. The Morgan fingerprint density at radius 2 is 0.477 bits per heavy atom. The van der Waals surface area contributed by atoms with E-state index >= 15 is 0 Å². The summed E-state index contributed by atoms with van der Waals surface area (Å²) >= 11 is 0. The standard InChI is InChI=1S/C81H49N7/c82-50-51-25-24-26-52(49-51)74-77(84-64-39-14-4-29-54(64)55-30-5-15-40-65(55)84)79(86-68-43-18-8-33-58(68)59-34-9-19-44-69(59)86)81(88-73-48-23-13-38-63(73)75-76(88)62-37-12-22-47-72(62)83(75)53-27-2-1-3-28-53)80(87-70-45-20-10-35-60(70)61-36-11-21-46-71(61)87)78(74)85-66-41-16-6-31-56(66)57-32-7-17-42-67(57)85/h1-49H. The van der Waals surface area contributed by atoms with E-state index in [0.717, 1.165) is 165 Å². The molecule has 0 fully saturated rings. The summed E-state index contributed by atoms with van der Waals surface area (Å²) in [7, 11) is 0. The molecule has 7 heteroatoms. The zero-order chi connectivity index (χ0) is 57.7. The maximum absolute atomic E-state index is 11.2. The van der Waals surface area contributed by atoms with Crippen molar-refractivity contribution in [2.24, 2.45) is 0 Å². The number of rotatable bonds is 7. The number of nitriles is 1. The average Bonchev–Trinajstić information content (AvgIpc) is 1.44. The summed E-state index contributed by atoms with van der Waals surface area (Å²) < 4.78 is 15.4. The number of fused-ring (bicyclic) bond motifs is 17. The van der Waals surface area contributed by atoms with Gasteiger partial charge < -0.3 is 27.4 Å². The minimum atomic E-state index is 0.562. The molecule has 0 spiro atoms. The van der Waals surface area contributed by atoms with Crippen LogP contribution in [0.4, 0.5) is 0 Å². The lowest BCUT2D eigenvalue weighted by Crippen LogP contribution is -2.18. The van der Waals surface area contributed by atoms with Gasteiger partial charge in [0.25, 0.3) is 0 Å². The minimum Gasteiger partial charge on any atom is -0.307 e. The molecule has 0 radical (unpaired) electrons. The molecule has 6 aromatic heterocycles. The molecule has 408 valence electrons. The monoisotopic (exact) mass is 1120 g/mol. The average molecular weight is 1120 g/mol. The number of benzene rings is 13. The van der Waals surface area contributed by atoms with Crippen molar-refractivity contribution < 1.29 is 0 Å². The third kappa shape index (κ3) is 6.49. The Bertz CT molecular complexity index is 5730. The first-order chi connectivity index (χ1) is 43.7. The van der Waals surface area contributed by atoms with Gasteiger partial charge in [-0.05, 0) is 90.5 Å². The largest absolute Gasteiger partial charge is 0.307 e. The normalized spacial score (nSPS) is 12.1. The summed E-state index contributed by atoms with van der Waals surface area (Å²) in [5.74, 6) is 0. The van der Waals surface area contributed by atoms with E-state index in [1.54, 1.807) is 0 Å². The van der Waals surface area contributed by atoms with E-state index in [1.165, 1.54) is 0 Å². The van der Waals surface area contributed by atoms with Gasteiger partial charge in [-0.1, -0.05) is 212 Å². The quantitative estimate of drug-likeness (QED) is 0.157. The lowest BCUT2D eigenvalue weighted by Gasteiger charge is -2.32. The number of hydrogen-bond donors (Lipinski definition) is 0. The SMILES string of the molecule is N#Cc1cccc(-c2c(-n3c4ccccc4c4ccccc43)c(-n3c4ccccc4c4ccccc43)c(-n3c4ccccc4c4c3c3ccccc3n4-c3ccccc3)c(-n3c4ccccc4c4ccccc43)c2-n2c3ccccc3c3ccccc32)c1. The second-order valence-corrected chi connectivity index (χ2v) is 23.0. The van der Waals surface area contributed by atoms with Gasteiger partial charge in [0.1, 0.15) is 0 Å². The zero-order valence-corrected chi connectivity index (χ0v) is 47.4. The van der Waals surface area contributed by atoms with Crippen LogP contribution in [0.25, 0.3) is 165 Å². The molecule has 88 heavy (non-hydrogen) atoms. The van der Waals surface area contributed by atoms with Crippen LogP contribution in [0, 0.1) is 11.3 Å². The third-order valence-corrected chi connectivity index (χ3v) is 18.6. The highest BCUT2D eigenvalue weighted by atomic mass is 15.2. The molecular weight excluding hydrogens is 1070 g/mol. The number of hydrogen-bond acceptors (Lipinski definition) is 1. The Morgan fingerprint density at radius 1 is 0.216 bits per heavy atom. The van der Waals surface area contributed by atoms with Crippen molar-refractivity contribution in [2.45, 2.75) is 0 Å². The van der Waals surface area contributed by atoms with E-state index in [2.05, 4.69) is 325 Å². The van der Waals surface area contributed by atoms with Crippen LogP contribution in [0.15, 0.2) is 297 Å². The van der Waals surface area contributed by atoms with Crippen molar-refractivity contribution in [3.05, 3.63) is 303 Å². The second-order valence-electron chi connectivity index (χ2n) is 23.0. The smallest absolute Gasteiger partial charge is 0.0991 e. The zero-order valence-electron chi connectivity index (χ0n) is 47.4. The van der Waals surface area contributed by atoms with Crippen LogP contribution in [-0.2, 0) is 0 Å². The van der Waals surface area contributed by atoms with E-state index in [-0.39, 0.29) is 0 Å². The molecule has 0 saturated heterocycles. The van der Waals surface area contributed by atoms with E-state index < -0.39 is 0 Å². The van der Waals surface area contributed by atoms with Crippen LogP contribution in [0.3, 0.4) is 0 Å². The van der Waals surface area contributed by atoms with E-state index in [0.29, 0.717) is 5.56 Å². The lowest BCUT2D eigenvalue weighted by atomic mass is 9.94. The van der Waals surface area contributed by atoms with E-state index in [4.69, 9.17) is 0 Å². The van der Waals surface area contributed by atoms with Crippen LogP contribution >= 0.6 is 0 Å². The maximum atomic E-state index is 11.2. The van der Waals surface area contributed by atoms with Gasteiger partial charge in [-0.15, -0.1) is 0 Å². The molecule has 13 aromatic carbocycles. The van der Waals surface area contributed by atoms with Crippen molar-refractivity contribution in [1.82, 2.24) is 27.4 Å². The van der Waals surface area contributed by atoms with Gasteiger partial charge in [-0.3, -0.25) is 0 Å². The number of nitrogens with zero attached hydrogens (tertiary/aromatic N) is 7. The van der Waals surface area contributed by atoms with Gasteiger partial charge in [-0.2, -0.15) is 5.26 Å². The molecule has 0 aliphatic rings. The van der Waals surface area contributed by atoms with Crippen LogP contribution in [0.1, 0.15) is 5.56 Å². The Hall–Kier alpha value is -12.1. The summed E-state index contributed by atoms with van der Waals surface area (Å²) in [6.07, 6.45) is 0. The predicted octanol–water partition coefficient (Wildman–Crippen LogP) is 20.7. The van der Waals surface area contributed by atoms with E-state index in [1.807, 2.05) is 6.07 Å². The summed E-state index contributed by atoms with van der Waals surface area (Å²) in [5.41, 5.74) is 21.0. The fourth-order valence-electron chi connectivity index (χ4n) is 15.2. The molecular formula is C81H49N7. The van der Waals surface area contributed by atoms with Crippen LogP contribution in [0.5, 0.6) is 0 Å². The van der Waals surface area contributed by atoms with Crippen LogP contribution < -0.4 is 0 Å². The number of para-hydroxylation sites is 11.